The molecule has 88 valence electrons. The molecule has 1 aromatic carbocycles. The first-order valence-corrected chi connectivity index (χ1v) is 5.26. The molecule has 0 saturated heterocycles. The van der Waals surface area contributed by atoms with Gasteiger partial charge in [0.15, 0.2) is 0 Å². The molecule has 1 aromatic heterocycles. The Morgan fingerprint density at radius 1 is 1.41 bits per heavy atom. The second-order valence-corrected chi connectivity index (χ2v) is 3.93. The predicted octanol–water partition coefficient (Wildman–Crippen LogP) is 2.92. The molecule has 2 N–H and O–H groups in total. The highest BCUT2D eigenvalue weighted by Gasteiger charge is 2.09. The summed E-state index contributed by atoms with van der Waals surface area (Å²) in [5.74, 6) is 0.400. The van der Waals surface area contributed by atoms with Gasteiger partial charge in [0.25, 0.3) is 0 Å². The van der Waals surface area contributed by atoms with Crippen LogP contribution in [0.4, 0.5) is 10.6 Å². The van der Waals surface area contributed by atoms with Crippen LogP contribution in [0.15, 0.2) is 30.3 Å². The monoisotopic (exact) mass is 251 g/mol. The number of nitrogens with one attached hydrogen (secondary N) is 1. The van der Waals surface area contributed by atoms with Crippen LogP contribution in [-0.2, 0) is 0 Å². The number of rotatable bonds is 2. The van der Waals surface area contributed by atoms with Gasteiger partial charge < -0.3 is 5.11 Å². The van der Waals surface area contributed by atoms with Crippen LogP contribution in [0.5, 0.6) is 0 Å². The van der Waals surface area contributed by atoms with E-state index >= 15 is 0 Å². The Kier molecular flexibility index (Phi) is 3.01. The van der Waals surface area contributed by atoms with Crippen LogP contribution < -0.4 is 5.32 Å². The normalized spacial score (nSPS) is 10.2. The quantitative estimate of drug-likeness (QED) is 0.862. The molecule has 1 heterocycles. The number of aromatic nitrogens is 2. The van der Waals surface area contributed by atoms with Crippen LogP contribution in [0.25, 0.3) is 5.69 Å². The van der Waals surface area contributed by atoms with E-state index in [0.717, 1.165) is 11.4 Å². The van der Waals surface area contributed by atoms with E-state index in [-0.39, 0.29) is 0 Å². The van der Waals surface area contributed by atoms with Gasteiger partial charge in [0, 0.05) is 11.1 Å². The highest BCUT2D eigenvalue weighted by molar-refractivity contribution is 6.30. The molecule has 5 nitrogen and oxygen atoms in total. The summed E-state index contributed by atoms with van der Waals surface area (Å²) in [6.07, 6.45) is -1.12. The van der Waals surface area contributed by atoms with Crippen LogP contribution >= 0.6 is 11.6 Å². The molecular formula is C11H10ClN3O2. The molecule has 1 amide bonds. The molecule has 0 atom stereocenters. The van der Waals surface area contributed by atoms with E-state index in [9.17, 15) is 4.79 Å². The van der Waals surface area contributed by atoms with E-state index in [4.69, 9.17) is 16.7 Å². The molecule has 0 saturated carbocycles. The van der Waals surface area contributed by atoms with Crippen LogP contribution in [0.1, 0.15) is 5.69 Å². The number of anilines is 1. The van der Waals surface area contributed by atoms with Gasteiger partial charge in [0.1, 0.15) is 5.82 Å². The maximum absolute atomic E-state index is 10.6. The number of hydrogen-bond donors (Lipinski definition) is 2. The van der Waals surface area contributed by atoms with Gasteiger partial charge in [-0.15, -0.1) is 0 Å². The van der Waals surface area contributed by atoms with E-state index in [1.165, 1.54) is 4.68 Å². The molecule has 17 heavy (non-hydrogen) atoms. The summed E-state index contributed by atoms with van der Waals surface area (Å²) < 4.78 is 1.51. The number of carbonyl (C=O) groups is 1. The number of aryl methyl sites for hydroxylation is 1. The van der Waals surface area contributed by atoms with Crippen LogP contribution in [0.3, 0.4) is 0 Å². The highest BCUT2D eigenvalue weighted by atomic mass is 35.5. The van der Waals surface area contributed by atoms with Crippen molar-refractivity contribution in [3.05, 3.63) is 41.0 Å². The third-order valence-electron chi connectivity index (χ3n) is 2.14. The van der Waals surface area contributed by atoms with E-state index in [0.29, 0.717) is 10.8 Å². The Morgan fingerprint density at radius 2 is 2.06 bits per heavy atom. The molecule has 0 radical (unpaired) electrons. The molecule has 2 rings (SSSR count). The molecular weight excluding hydrogens is 242 g/mol. The van der Waals surface area contributed by atoms with Gasteiger partial charge in [-0.05, 0) is 31.2 Å². The van der Waals surface area contributed by atoms with Crippen LogP contribution in [0.2, 0.25) is 5.02 Å². The van der Waals surface area contributed by atoms with Crippen LogP contribution in [0, 0.1) is 6.92 Å². The minimum atomic E-state index is -1.12. The van der Waals surface area contributed by atoms with Gasteiger partial charge >= 0.3 is 6.09 Å². The number of carboxylic acid groups (broad SMARTS) is 1. The van der Waals surface area contributed by atoms with Gasteiger partial charge in [0.05, 0.1) is 11.4 Å². The number of benzene rings is 1. The molecule has 0 aliphatic carbocycles. The van der Waals surface area contributed by atoms with E-state index < -0.39 is 6.09 Å². The minimum absolute atomic E-state index is 0.400. The predicted molar refractivity (Wildman–Crippen MR) is 65.0 cm³/mol. The smallest absolute Gasteiger partial charge is 0.410 e. The maximum Gasteiger partial charge on any atom is 0.410 e. The first kappa shape index (κ1) is 11.5. The summed E-state index contributed by atoms with van der Waals surface area (Å²) in [6.45, 7) is 1.79. The fraction of sp³-hybridized carbons (Fsp3) is 0.0909. The van der Waals surface area contributed by atoms with Gasteiger partial charge in [-0.3, -0.25) is 5.32 Å². The third kappa shape index (κ3) is 2.57. The average Bonchev–Trinajstić information content (AvgIpc) is 2.59. The van der Waals surface area contributed by atoms with Crippen molar-refractivity contribution in [1.29, 1.82) is 0 Å². The Balaban J connectivity index is 2.43. The lowest BCUT2D eigenvalue weighted by molar-refractivity contribution is 0.209. The lowest BCUT2D eigenvalue weighted by atomic mass is 10.3. The Labute approximate surface area is 103 Å². The average molecular weight is 252 g/mol. The fourth-order valence-electron chi connectivity index (χ4n) is 1.48. The topological polar surface area (TPSA) is 67.2 Å². The van der Waals surface area contributed by atoms with Crippen molar-refractivity contribution in [3.8, 4) is 5.69 Å². The molecule has 0 fully saturated rings. The first-order valence-electron chi connectivity index (χ1n) is 4.89. The second-order valence-electron chi connectivity index (χ2n) is 3.49. The lowest BCUT2D eigenvalue weighted by Gasteiger charge is -2.06. The van der Waals surface area contributed by atoms with Crippen molar-refractivity contribution in [2.24, 2.45) is 0 Å². The number of hydrogen-bond acceptors (Lipinski definition) is 2. The van der Waals surface area contributed by atoms with Crippen molar-refractivity contribution in [2.75, 3.05) is 5.32 Å². The molecule has 0 aliphatic heterocycles. The fourth-order valence-corrected chi connectivity index (χ4v) is 1.60. The summed E-state index contributed by atoms with van der Waals surface area (Å²) in [6, 6.07) is 8.63. The van der Waals surface area contributed by atoms with E-state index in [1.54, 1.807) is 37.3 Å². The van der Waals surface area contributed by atoms with Crippen molar-refractivity contribution < 1.29 is 9.90 Å². The largest absolute Gasteiger partial charge is 0.465 e. The summed E-state index contributed by atoms with van der Waals surface area (Å²) in [5, 5.41) is 15.8. The Morgan fingerprint density at radius 3 is 2.65 bits per heavy atom. The highest BCUT2D eigenvalue weighted by Crippen LogP contribution is 2.18. The van der Waals surface area contributed by atoms with Crippen molar-refractivity contribution >= 4 is 23.5 Å². The van der Waals surface area contributed by atoms with Crippen molar-refractivity contribution in [3.63, 3.8) is 0 Å². The molecule has 2 aromatic rings. The SMILES string of the molecule is Cc1cc(NC(=O)O)n(-c2ccc(Cl)cc2)n1. The summed E-state index contributed by atoms with van der Waals surface area (Å²) >= 11 is 5.79. The lowest BCUT2D eigenvalue weighted by Crippen LogP contribution is -2.11. The van der Waals surface area contributed by atoms with E-state index in [1.807, 2.05) is 0 Å². The molecule has 6 heteroatoms. The van der Waals surface area contributed by atoms with Gasteiger partial charge in [-0.1, -0.05) is 11.6 Å². The minimum Gasteiger partial charge on any atom is -0.465 e. The van der Waals surface area contributed by atoms with Gasteiger partial charge in [-0.25, -0.2) is 9.48 Å². The number of halogens is 1. The summed E-state index contributed by atoms with van der Waals surface area (Å²) in [5.41, 5.74) is 1.47. The zero-order chi connectivity index (χ0) is 12.4. The van der Waals surface area contributed by atoms with Crippen molar-refractivity contribution in [2.45, 2.75) is 6.92 Å². The molecule has 0 unspecified atom stereocenters. The van der Waals surface area contributed by atoms with E-state index in [2.05, 4.69) is 10.4 Å². The van der Waals surface area contributed by atoms with Crippen molar-refractivity contribution in [1.82, 2.24) is 9.78 Å². The molecule has 0 aliphatic rings. The molecule has 0 spiro atoms. The summed E-state index contributed by atoms with van der Waals surface area (Å²) in [4.78, 5) is 10.6. The standard InChI is InChI=1S/C11H10ClN3O2/c1-7-6-10(13-11(16)17)15(14-7)9-4-2-8(12)3-5-9/h2-6,13H,1H3,(H,16,17). The number of amides is 1. The van der Waals surface area contributed by atoms with Crippen LogP contribution in [-0.4, -0.2) is 21.0 Å². The first-order chi connectivity index (χ1) is 8.06. The third-order valence-corrected chi connectivity index (χ3v) is 2.39. The zero-order valence-corrected chi connectivity index (χ0v) is 9.77. The maximum atomic E-state index is 10.6. The van der Waals surface area contributed by atoms with Gasteiger partial charge in [0.2, 0.25) is 0 Å². The Hall–Kier alpha value is -2.01. The summed E-state index contributed by atoms with van der Waals surface area (Å²) in [7, 11) is 0. The number of nitrogens with zero attached hydrogens (tertiary/aromatic N) is 2. The molecule has 0 bridgehead atoms. The zero-order valence-electron chi connectivity index (χ0n) is 9.01. The van der Waals surface area contributed by atoms with Gasteiger partial charge in [-0.2, -0.15) is 5.10 Å². The Bertz CT molecular complexity index is 548. The second kappa shape index (κ2) is 4.47.